The molecule has 1 aromatic heterocycles. The third kappa shape index (κ3) is 5.45. The van der Waals surface area contributed by atoms with E-state index in [-0.39, 0.29) is 18.3 Å². The summed E-state index contributed by atoms with van der Waals surface area (Å²) in [5.41, 5.74) is 6.36. The molecule has 2 heterocycles. The number of aliphatic carboxylic acids is 1. The molecule has 0 atom stereocenters. The Balaban J connectivity index is 0.00000289. The first-order chi connectivity index (χ1) is 16.6. The fourth-order valence-corrected chi connectivity index (χ4v) is 4.65. The number of hydrogen-bond acceptors (Lipinski definition) is 5. The molecular weight excluding hydrogens is 462 g/mol. The standard InChI is InChI=1S/C28H27N3O3.ClH/c1-19-24(21-8-3-2-4-9-21)11-6-12-25(19)27-30-29-26(34-27)23-10-5-7-20(17-23)18-31-15-13-22(14-16-31)28(32)33;/h2-12,17,22H,13-16,18H2,1H3,(H,32,33);1H. The molecule has 35 heavy (non-hydrogen) atoms. The molecule has 6 nitrogen and oxygen atoms in total. The van der Waals surface area contributed by atoms with Crippen LogP contribution in [-0.2, 0) is 11.3 Å². The lowest BCUT2D eigenvalue weighted by atomic mass is 9.96. The molecule has 1 N–H and O–H groups in total. The molecule has 0 aliphatic carbocycles. The molecule has 1 saturated heterocycles. The van der Waals surface area contributed by atoms with Crippen molar-refractivity contribution >= 4 is 18.4 Å². The van der Waals surface area contributed by atoms with Gasteiger partial charge in [0.2, 0.25) is 11.8 Å². The van der Waals surface area contributed by atoms with Crippen LogP contribution in [0.1, 0.15) is 24.0 Å². The summed E-state index contributed by atoms with van der Waals surface area (Å²) in [6.07, 6.45) is 1.40. The average molecular weight is 490 g/mol. The first kappa shape index (κ1) is 24.6. The normalized spacial score (nSPS) is 14.4. The van der Waals surface area contributed by atoms with Gasteiger partial charge in [-0.15, -0.1) is 22.6 Å². The van der Waals surface area contributed by atoms with Gasteiger partial charge in [0.1, 0.15) is 0 Å². The van der Waals surface area contributed by atoms with Crippen molar-refractivity contribution in [1.29, 1.82) is 0 Å². The molecular formula is C28H28ClN3O3. The van der Waals surface area contributed by atoms with Crippen molar-refractivity contribution in [2.75, 3.05) is 13.1 Å². The van der Waals surface area contributed by atoms with Crippen molar-refractivity contribution in [3.63, 3.8) is 0 Å². The van der Waals surface area contributed by atoms with Crippen molar-refractivity contribution in [2.45, 2.75) is 26.3 Å². The number of nitrogens with zero attached hydrogens (tertiary/aromatic N) is 3. The van der Waals surface area contributed by atoms with Gasteiger partial charge in [-0.3, -0.25) is 9.69 Å². The van der Waals surface area contributed by atoms with Crippen LogP contribution in [-0.4, -0.2) is 39.3 Å². The topological polar surface area (TPSA) is 79.5 Å². The zero-order valence-electron chi connectivity index (χ0n) is 19.6. The molecule has 7 heteroatoms. The monoisotopic (exact) mass is 489 g/mol. The molecule has 3 aromatic carbocycles. The molecule has 180 valence electrons. The Bertz CT molecular complexity index is 1300. The highest BCUT2D eigenvalue weighted by atomic mass is 35.5. The van der Waals surface area contributed by atoms with Crippen LogP contribution in [0.4, 0.5) is 0 Å². The van der Waals surface area contributed by atoms with Gasteiger partial charge in [0.25, 0.3) is 0 Å². The second-order valence-electron chi connectivity index (χ2n) is 8.85. The van der Waals surface area contributed by atoms with Crippen LogP contribution in [0.15, 0.2) is 77.2 Å². The van der Waals surface area contributed by atoms with Gasteiger partial charge in [0, 0.05) is 17.7 Å². The number of rotatable bonds is 6. The van der Waals surface area contributed by atoms with Crippen LogP contribution in [0.3, 0.4) is 0 Å². The summed E-state index contributed by atoms with van der Waals surface area (Å²) in [5, 5.41) is 17.9. The summed E-state index contributed by atoms with van der Waals surface area (Å²) in [7, 11) is 0. The lowest BCUT2D eigenvalue weighted by molar-refractivity contribution is -0.143. The van der Waals surface area contributed by atoms with Gasteiger partial charge < -0.3 is 9.52 Å². The number of benzene rings is 3. The summed E-state index contributed by atoms with van der Waals surface area (Å²) >= 11 is 0. The smallest absolute Gasteiger partial charge is 0.306 e. The molecule has 1 aliphatic rings. The van der Waals surface area contributed by atoms with Crippen LogP contribution < -0.4 is 0 Å². The number of likely N-dealkylation sites (tertiary alicyclic amines) is 1. The highest BCUT2D eigenvalue weighted by molar-refractivity contribution is 5.85. The maximum atomic E-state index is 11.2. The molecule has 1 fully saturated rings. The van der Waals surface area contributed by atoms with Gasteiger partial charge in [-0.25, -0.2) is 0 Å². The Kier molecular flexibility index (Phi) is 7.63. The van der Waals surface area contributed by atoms with Crippen LogP contribution in [0.25, 0.3) is 34.0 Å². The highest BCUT2D eigenvalue weighted by Gasteiger charge is 2.24. The lowest BCUT2D eigenvalue weighted by Gasteiger charge is -2.30. The minimum Gasteiger partial charge on any atom is -0.481 e. The van der Waals surface area contributed by atoms with E-state index >= 15 is 0 Å². The SMILES string of the molecule is Cc1c(-c2ccccc2)cccc1-c1nnc(-c2cccc(CN3CCC(C(=O)O)CC3)c2)o1.Cl. The van der Waals surface area contributed by atoms with Gasteiger partial charge >= 0.3 is 5.97 Å². The van der Waals surface area contributed by atoms with E-state index in [2.05, 4.69) is 52.4 Å². The van der Waals surface area contributed by atoms with E-state index in [1.165, 1.54) is 0 Å². The quantitative estimate of drug-likeness (QED) is 0.352. The third-order valence-corrected chi connectivity index (χ3v) is 6.59. The maximum Gasteiger partial charge on any atom is 0.306 e. The fourth-order valence-electron chi connectivity index (χ4n) is 4.65. The average Bonchev–Trinajstić information content (AvgIpc) is 3.35. The Morgan fingerprint density at radius 1 is 0.914 bits per heavy atom. The fraction of sp³-hybridized carbons (Fsp3) is 0.250. The van der Waals surface area contributed by atoms with Crippen LogP contribution >= 0.6 is 12.4 Å². The largest absolute Gasteiger partial charge is 0.481 e. The van der Waals surface area contributed by atoms with E-state index in [0.29, 0.717) is 24.6 Å². The number of piperidine rings is 1. The number of carbonyl (C=O) groups is 1. The Hall–Kier alpha value is -3.48. The minimum absolute atomic E-state index is 0. The predicted octanol–water partition coefficient (Wildman–Crippen LogP) is 6.10. The molecule has 4 aromatic rings. The molecule has 5 rings (SSSR count). The van der Waals surface area contributed by atoms with E-state index in [4.69, 9.17) is 4.42 Å². The molecule has 0 unspecified atom stereocenters. The van der Waals surface area contributed by atoms with Crippen LogP contribution in [0, 0.1) is 12.8 Å². The van der Waals surface area contributed by atoms with Crippen molar-refractivity contribution in [2.24, 2.45) is 5.92 Å². The Labute approximate surface area is 211 Å². The second kappa shape index (κ2) is 10.8. The van der Waals surface area contributed by atoms with E-state index < -0.39 is 5.97 Å². The number of aromatic nitrogens is 2. The summed E-state index contributed by atoms with van der Waals surface area (Å²) in [6, 6.07) is 24.5. The van der Waals surface area contributed by atoms with Crippen LogP contribution in [0.5, 0.6) is 0 Å². The molecule has 0 radical (unpaired) electrons. The molecule has 0 amide bonds. The Morgan fingerprint density at radius 2 is 1.57 bits per heavy atom. The minimum atomic E-state index is -0.682. The number of carboxylic acid groups (broad SMARTS) is 1. The maximum absolute atomic E-state index is 11.2. The number of hydrogen-bond donors (Lipinski definition) is 1. The van der Waals surface area contributed by atoms with Crippen molar-refractivity contribution in [3.05, 3.63) is 83.9 Å². The predicted molar refractivity (Wildman–Crippen MR) is 138 cm³/mol. The lowest BCUT2D eigenvalue weighted by Crippen LogP contribution is -2.35. The summed E-state index contributed by atoms with van der Waals surface area (Å²) < 4.78 is 6.11. The van der Waals surface area contributed by atoms with Gasteiger partial charge in [0.05, 0.1) is 5.92 Å². The summed E-state index contributed by atoms with van der Waals surface area (Å²) in [6.45, 7) is 4.45. The van der Waals surface area contributed by atoms with Gasteiger partial charge in [-0.05, 0) is 73.3 Å². The summed E-state index contributed by atoms with van der Waals surface area (Å²) in [4.78, 5) is 13.5. The van der Waals surface area contributed by atoms with Crippen LogP contribution in [0.2, 0.25) is 0 Å². The zero-order valence-corrected chi connectivity index (χ0v) is 20.4. The van der Waals surface area contributed by atoms with E-state index in [9.17, 15) is 9.90 Å². The second-order valence-corrected chi connectivity index (χ2v) is 8.85. The van der Waals surface area contributed by atoms with Crippen molar-refractivity contribution < 1.29 is 14.3 Å². The first-order valence-electron chi connectivity index (χ1n) is 11.6. The van der Waals surface area contributed by atoms with Gasteiger partial charge in [-0.1, -0.05) is 54.6 Å². The van der Waals surface area contributed by atoms with Crippen molar-refractivity contribution in [1.82, 2.24) is 15.1 Å². The molecule has 0 spiro atoms. The zero-order chi connectivity index (χ0) is 23.5. The summed E-state index contributed by atoms with van der Waals surface area (Å²) in [5.74, 6) is 0.0963. The molecule has 0 bridgehead atoms. The van der Waals surface area contributed by atoms with Gasteiger partial charge in [-0.2, -0.15) is 0 Å². The van der Waals surface area contributed by atoms with E-state index in [0.717, 1.165) is 53.0 Å². The Morgan fingerprint density at radius 3 is 2.31 bits per heavy atom. The number of carboxylic acids is 1. The molecule has 1 aliphatic heterocycles. The van der Waals surface area contributed by atoms with E-state index in [1.807, 2.05) is 42.5 Å². The number of halogens is 1. The van der Waals surface area contributed by atoms with Gasteiger partial charge in [0.15, 0.2) is 0 Å². The third-order valence-electron chi connectivity index (χ3n) is 6.59. The molecule has 0 saturated carbocycles. The highest BCUT2D eigenvalue weighted by Crippen LogP contribution is 2.32. The van der Waals surface area contributed by atoms with E-state index in [1.54, 1.807) is 0 Å². The first-order valence-corrected chi connectivity index (χ1v) is 11.6. The van der Waals surface area contributed by atoms with Crippen molar-refractivity contribution in [3.8, 4) is 34.0 Å².